The van der Waals surface area contributed by atoms with Crippen molar-refractivity contribution < 1.29 is 19.6 Å². The molecule has 0 saturated carbocycles. The number of nitrogens with two attached hydrogens (primary N) is 1. The lowest BCUT2D eigenvalue weighted by Crippen LogP contribution is -2.45. The Labute approximate surface area is 120 Å². The van der Waals surface area contributed by atoms with Crippen LogP contribution in [0.25, 0.3) is 0 Å². The zero-order chi connectivity index (χ0) is 15.6. The summed E-state index contributed by atoms with van der Waals surface area (Å²) in [5, 5.41) is 20.1. The van der Waals surface area contributed by atoms with Gasteiger partial charge in [-0.15, -0.1) is 0 Å². The van der Waals surface area contributed by atoms with Crippen molar-refractivity contribution in [2.75, 3.05) is 11.4 Å². The second-order valence-electron chi connectivity index (χ2n) is 4.87. The first-order chi connectivity index (χ1) is 9.91. The molecular formula is C13H15N3O5. The van der Waals surface area contributed by atoms with E-state index in [4.69, 9.17) is 5.73 Å². The van der Waals surface area contributed by atoms with Crippen molar-refractivity contribution >= 4 is 23.3 Å². The Bertz CT molecular complexity index is 601. The van der Waals surface area contributed by atoms with Gasteiger partial charge in [-0.25, -0.2) is 4.79 Å². The van der Waals surface area contributed by atoms with Gasteiger partial charge in [-0.05, 0) is 25.3 Å². The van der Waals surface area contributed by atoms with E-state index in [9.17, 15) is 24.8 Å². The molecule has 1 aromatic carbocycles. The Morgan fingerprint density at radius 1 is 1.38 bits per heavy atom. The quantitative estimate of drug-likeness (QED) is 0.633. The van der Waals surface area contributed by atoms with Gasteiger partial charge in [-0.1, -0.05) is 0 Å². The number of hydrogen-bond donors (Lipinski definition) is 2. The number of nitro groups is 1. The molecule has 1 heterocycles. The number of primary amides is 1. The molecule has 2 rings (SSSR count). The molecule has 0 aromatic heterocycles. The highest BCUT2D eigenvalue weighted by atomic mass is 16.6. The van der Waals surface area contributed by atoms with E-state index < -0.39 is 22.8 Å². The van der Waals surface area contributed by atoms with Crippen molar-refractivity contribution in [3.05, 3.63) is 33.9 Å². The highest BCUT2D eigenvalue weighted by molar-refractivity contribution is 6.00. The van der Waals surface area contributed by atoms with E-state index in [1.165, 1.54) is 12.1 Å². The van der Waals surface area contributed by atoms with E-state index in [0.29, 0.717) is 18.7 Å². The number of rotatable bonds is 4. The van der Waals surface area contributed by atoms with Crippen LogP contribution < -0.4 is 10.6 Å². The number of amides is 1. The van der Waals surface area contributed by atoms with Crippen LogP contribution in [0.15, 0.2) is 18.2 Å². The normalized spacial score (nSPS) is 18.3. The van der Waals surface area contributed by atoms with Crippen LogP contribution in [0, 0.1) is 10.1 Å². The van der Waals surface area contributed by atoms with E-state index in [-0.39, 0.29) is 11.3 Å². The number of benzene rings is 1. The number of carbonyl (C=O) groups is 2. The molecule has 1 atom stereocenters. The fraction of sp³-hybridized carbons (Fsp3) is 0.385. The molecule has 21 heavy (non-hydrogen) atoms. The van der Waals surface area contributed by atoms with Crippen molar-refractivity contribution in [3.63, 3.8) is 0 Å². The zero-order valence-corrected chi connectivity index (χ0v) is 11.2. The maximum atomic E-state index is 11.5. The lowest BCUT2D eigenvalue weighted by atomic mass is 9.99. The lowest BCUT2D eigenvalue weighted by Gasteiger charge is -2.35. The van der Waals surface area contributed by atoms with Crippen LogP contribution in [-0.4, -0.2) is 34.5 Å². The molecule has 8 nitrogen and oxygen atoms in total. The summed E-state index contributed by atoms with van der Waals surface area (Å²) in [7, 11) is 0. The van der Waals surface area contributed by atoms with Crippen LogP contribution in [0.5, 0.6) is 0 Å². The van der Waals surface area contributed by atoms with Crippen molar-refractivity contribution in [2.24, 2.45) is 5.73 Å². The molecule has 0 spiro atoms. The van der Waals surface area contributed by atoms with Crippen LogP contribution in [0.2, 0.25) is 0 Å². The maximum Gasteiger partial charge on any atom is 0.326 e. The number of carbonyl (C=O) groups excluding carboxylic acids is 1. The Morgan fingerprint density at radius 3 is 2.67 bits per heavy atom. The third-order valence-corrected chi connectivity index (χ3v) is 3.55. The summed E-state index contributed by atoms with van der Waals surface area (Å²) in [6.07, 6.45) is 2.04. The SMILES string of the molecule is NC(=O)c1cc([N+](=O)[O-])ccc1N1CCCCC1C(=O)O. The summed E-state index contributed by atoms with van der Waals surface area (Å²) in [4.78, 5) is 34.6. The van der Waals surface area contributed by atoms with Gasteiger partial charge in [-0.3, -0.25) is 14.9 Å². The van der Waals surface area contributed by atoms with Crippen LogP contribution >= 0.6 is 0 Å². The van der Waals surface area contributed by atoms with Gasteiger partial charge >= 0.3 is 5.97 Å². The fourth-order valence-corrected chi connectivity index (χ4v) is 2.56. The van der Waals surface area contributed by atoms with Crippen LogP contribution in [0.3, 0.4) is 0 Å². The monoisotopic (exact) mass is 293 g/mol. The van der Waals surface area contributed by atoms with E-state index in [1.807, 2.05) is 0 Å². The highest BCUT2D eigenvalue weighted by Gasteiger charge is 2.31. The summed E-state index contributed by atoms with van der Waals surface area (Å²) in [6.45, 7) is 0.467. The number of piperidine rings is 1. The molecule has 1 fully saturated rings. The van der Waals surface area contributed by atoms with Crippen molar-refractivity contribution in [2.45, 2.75) is 25.3 Å². The minimum Gasteiger partial charge on any atom is -0.480 e. The second-order valence-corrected chi connectivity index (χ2v) is 4.87. The largest absolute Gasteiger partial charge is 0.480 e. The van der Waals surface area contributed by atoms with E-state index >= 15 is 0 Å². The summed E-state index contributed by atoms with van der Waals surface area (Å²) >= 11 is 0. The van der Waals surface area contributed by atoms with E-state index in [2.05, 4.69) is 0 Å². The number of nitro benzene ring substituents is 1. The third kappa shape index (κ3) is 2.93. The van der Waals surface area contributed by atoms with Crippen molar-refractivity contribution in [1.82, 2.24) is 0 Å². The Hall–Kier alpha value is -2.64. The molecule has 112 valence electrons. The predicted octanol–water partition coefficient (Wildman–Crippen LogP) is 1.14. The first kappa shape index (κ1) is 14.8. The number of anilines is 1. The summed E-state index contributed by atoms with van der Waals surface area (Å²) in [5.74, 6) is -1.80. The number of aliphatic carboxylic acids is 1. The average Bonchev–Trinajstić information content (AvgIpc) is 2.46. The minimum absolute atomic E-state index is 0.0302. The Balaban J connectivity index is 2.48. The van der Waals surface area contributed by atoms with E-state index in [0.717, 1.165) is 18.9 Å². The lowest BCUT2D eigenvalue weighted by molar-refractivity contribution is -0.384. The van der Waals surface area contributed by atoms with Gasteiger partial charge in [-0.2, -0.15) is 0 Å². The minimum atomic E-state index is -0.983. The Kier molecular flexibility index (Phi) is 4.06. The maximum absolute atomic E-state index is 11.5. The number of nitrogens with zero attached hydrogens (tertiary/aromatic N) is 2. The van der Waals surface area contributed by atoms with Gasteiger partial charge < -0.3 is 15.7 Å². The van der Waals surface area contributed by atoms with Crippen LogP contribution in [0.1, 0.15) is 29.6 Å². The number of carboxylic acids is 1. The zero-order valence-electron chi connectivity index (χ0n) is 11.2. The van der Waals surface area contributed by atoms with Gasteiger partial charge in [0, 0.05) is 18.7 Å². The molecule has 1 amide bonds. The molecule has 1 aliphatic heterocycles. The summed E-state index contributed by atoms with van der Waals surface area (Å²) in [5.41, 5.74) is 5.33. The smallest absolute Gasteiger partial charge is 0.326 e. The van der Waals surface area contributed by atoms with Crippen molar-refractivity contribution in [1.29, 1.82) is 0 Å². The fourth-order valence-electron chi connectivity index (χ4n) is 2.56. The molecule has 1 saturated heterocycles. The Morgan fingerprint density at radius 2 is 2.10 bits per heavy atom. The molecular weight excluding hydrogens is 278 g/mol. The molecule has 1 aromatic rings. The van der Waals surface area contributed by atoms with Gasteiger partial charge in [0.05, 0.1) is 16.2 Å². The highest BCUT2D eigenvalue weighted by Crippen LogP contribution is 2.30. The van der Waals surface area contributed by atoms with Crippen LogP contribution in [-0.2, 0) is 4.79 Å². The molecule has 0 aliphatic carbocycles. The standard InChI is InChI=1S/C13H15N3O5/c14-12(17)9-7-8(16(20)21)4-5-10(9)15-6-2-1-3-11(15)13(18)19/h4-5,7,11H,1-3,6H2,(H2,14,17)(H,18,19). The molecule has 1 unspecified atom stereocenters. The summed E-state index contributed by atoms with van der Waals surface area (Å²) < 4.78 is 0. The second kappa shape index (κ2) is 5.78. The molecule has 0 bridgehead atoms. The van der Waals surface area contributed by atoms with Crippen molar-refractivity contribution in [3.8, 4) is 0 Å². The molecule has 0 radical (unpaired) electrons. The number of non-ortho nitro benzene ring substituents is 1. The van der Waals surface area contributed by atoms with Gasteiger partial charge in [0.15, 0.2) is 0 Å². The third-order valence-electron chi connectivity index (χ3n) is 3.55. The first-order valence-electron chi connectivity index (χ1n) is 6.49. The molecule has 3 N–H and O–H groups in total. The van der Waals surface area contributed by atoms with Gasteiger partial charge in [0.1, 0.15) is 6.04 Å². The summed E-state index contributed by atoms with van der Waals surface area (Å²) in [6, 6.07) is 2.97. The number of hydrogen-bond acceptors (Lipinski definition) is 5. The number of carboxylic acid groups (broad SMARTS) is 1. The van der Waals surface area contributed by atoms with Gasteiger partial charge in [0.2, 0.25) is 0 Å². The topological polar surface area (TPSA) is 127 Å². The van der Waals surface area contributed by atoms with Gasteiger partial charge in [0.25, 0.3) is 11.6 Å². The van der Waals surface area contributed by atoms with Crippen LogP contribution in [0.4, 0.5) is 11.4 Å². The molecule has 8 heteroatoms. The van der Waals surface area contributed by atoms with E-state index in [1.54, 1.807) is 4.90 Å². The molecule has 1 aliphatic rings. The predicted molar refractivity (Wildman–Crippen MR) is 74.2 cm³/mol. The average molecular weight is 293 g/mol. The first-order valence-corrected chi connectivity index (χ1v) is 6.49.